The summed E-state index contributed by atoms with van der Waals surface area (Å²) < 4.78 is 4.61. The summed E-state index contributed by atoms with van der Waals surface area (Å²) in [5.74, 6) is -3.51. The molecule has 1 fully saturated rings. The number of aliphatic hydroxyl groups excluding tert-OH is 2. The van der Waals surface area contributed by atoms with Crippen molar-refractivity contribution in [3.05, 3.63) is 46.5 Å². The van der Waals surface area contributed by atoms with Crippen LogP contribution in [0.2, 0.25) is 0 Å². The number of likely N-dealkylation sites (tertiary alicyclic amines) is 1. The molecule has 1 aliphatic carbocycles. The first kappa shape index (κ1) is 25.6. The van der Waals surface area contributed by atoms with Gasteiger partial charge in [-0.3, -0.25) is 9.59 Å². The Kier molecular flexibility index (Phi) is 8.28. The fourth-order valence-corrected chi connectivity index (χ4v) is 5.23. The minimum Gasteiger partial charge on any atom is -0.507 e. The number of amides is 3. The van der Waals surface area contributed by atoms with Crippen LogP contribution in [0.25, 0.3) is 6.08 Å². The van der Waals surface area contributed by atoms with Gasteiger partial charge in [-0.15, -0.1) is 0 Å². The monoisotopic (exact) mass is 471 g/mol. The van der Waals surface area contributed by atoms with Gasteiger partial charge in [-0.1, -0.05) is 49.3 Å². The average Bonchev–Trinajstić information content (AvgIpc) is 3.10. The van der Waals surface area contributed by atoms with E-state index >= 15 is 0 Å². The number of nitrogens with zero attached hydrogens (tertiary/aromatic N) is 1. The van der Waals surface area contributed by atoms with Crippen LogP contribution in [0.4, 0.5) is 4.79 Å². The van der Waals surface area contributed by atoms with E-state index in [0.717, 1.165) is 24.7 Å². The van der Waals surface area contributed by atoms with Crippen molar-refractivity contribution >= 4 is 24.0 Å². The highest BCUT2D eigenvalue weighted by Gasteiger charge is 2.56. The first-order valence-electron chi connectivity index (χ1n) is 11.7. The highest BCUT2D eigenvalue weighted by atomic mass is 16.5. The molecule has 0 aromatic heterocycles. The van der Waals surface area contributed by atoms with E-state index in [-0.39, 0.29) is 12.2 Å². The molecule has 0 unspecified atom stereocenters. The molecule has 3 amide bonds. The highest BCUT2D eigenvalue weighted by Crippen LogP contribution is 2.47. The largest absolute Gasteiger partial charge is 0.507 e. The van der Waals surface area contributed by atoms with E-state index in [1.807, 2.05) is 32.1 Å². The van der Waals surface area contributed by atoms with E-state index in [1.54, 1.807) is 12.1 Å². The molecule has 1 heterocycles. The van der Waals surface area contributed by atoms with Crippen molar-refractivity contribution in [2.24, 2.45) is 17.8 Å². The lowest BCUT2D eigenvalue weighted by Crippen LogP contribution is -2.40. The van der Waals surface area contributed by atoms with Crippen molar-refractivity contribution in [1.82, 2.24) is 4.90 Å². The zero-order valence-corrected chi connectivity index (χ0v) is 19.9. The second-order valence-electron chi connectivity index (χ2n) is 8.79. The number of para-hydroxylation sites is 1. The maximum atomic E-state index is 13.0. The molecule has 0 radical (unpaired) electrons. The molecular weight excluding hydrogens is 438 g/mol. The summed E-state index contributed by atoms with van der Waals surface area (Å²) >= 11 is 0. The average molecular weight is 472 g/mol. The van der Waals surface area contributed by atoms with E-state index in [0.29, 0.717) is 35.3 Å². The molecule has 1 aliphatic heterocycles. The number of hydrogen-bond donors (Lipinski definition) is 3. The van der Waals surface area contributed by atoms with Crippen LogP contribution in [0.3, 0.4) is 0 Å². The Hall–Kier alpha value is -2.97. The van der Waals surface area contributed by atoms with Gasteiger partial charge >= 0.3 is 6.09 Å². The van der Waals surface area contributed by atoms with Gasteiger partial charge < -0.3 is 20.1 Å². The number of phenols is 1. The summed E-state index contributed by atoms with van der Waals surface area (Å²) in [5, 5.41) is 31.5. The predicted octanol–water partition coefficient (Wildman–Crippen LogP) is 3.41. The summed E-state index contributed by atoms with van der Waals surface area (Å²) in [4.78, 5) is 38.4. The minimum absolute atomic E-state index is 0.184. The van der Waals surface area contributed by atoms with Crippen LogP contribution >= 0.6 is 0 Å². The van der Waals surface area contributed by atoms with Gasteiger partial charge in [-0.25, -0.2) is 4.79 Å². The molecule has 34 heavy (non-hydrogen) atoms. The number of allylic oxidation sites excluding steroid dienone is 2. The number of aromatic hydroxyl groups is 1. The Morgan fingerprint density at radius 3 is 2.53 bits per heavy atom. The van der Waals surface area contributed by atoms with Gasteiger partial charge in [0.05, 0.1) is 31.7 Å². The number of phenolic OH excluding ortho intramolecular Hbond substituents is 1. The second-order valence-corrected chi connectivity index (χ2v) is 8.79. The van der Waals surface area contributed by atoms with Gasteiger partial charge in [-0.05, 0) is 43.7 Å². The third-order valence-corrected chi connectivity index (χ3v) is 7.01. The van der Waals surface area contributed by atoms with Crippen molar-refractivity contribution in [3.8, 4) is 5.75 Å². The third kappa shape index (κ3) is 4.79. The van der Waals surface area contributed by atoms with Crippen LogP contribution in [-0.2, 0) is 14.3 Å². The molecule has 0 spiro atoms. The molecule has 184 valence electrons. The summed E-state index contributed by atoms with van der Waals surface area (Å²) in [6.07, 6.45) is 2.44. The lowest BCUT2D eigenvalue weighted by molar-refractivity contribution is -0.137. The molecule has 3 rings (SSSR count). The summed E-state index contributed by atoms with van der Waals surface area (Å²) in [7, 11) is 1.10. The Labute approximate surface area is 199 Å². The topological polar surface area (TPSA) is 124 Å². The number of carbonyl (C=O) groups excluding carboxylic acids is 3. The molecule has 8 nitrogen and oxygen atoms in total. The van der Waals surface area contributed by atoms with Gasteiger partial charge in [-0.2, -0.15) is 4.90 Å². The van der Waals surface area contributed by atoms with Crippen LogP contribution in [0.15, 0.2) is 41.0 Å². The minimum atomic E-state index is -1.02. The molecule has 1 aromatic carbocycles. The highest BCUT2D eigenvalue weighted by molar-refractivity contribution is 6.15. The Morgan fingerprint density at radius 2 is 1.94 bits per heavy atom. The Morgan fingerprint density at radius 1 is 1.24 bits per heavy atom. The number of carbonyl (C=O) groups is 3. The quantitative estimate of drug-likeness (QED) is 0.392. The molecule has 8 heteroatoms. The maximum Gasteiger partial charge on any atom is 0.423 e. The number of hydrogen-bond acceptors (Lipinski definition) is 7. The van der Waals surface area contributed by atoms with Crippen LogP contribution < -0.4 is 0 Å². The molecule has 0 bridgehead atoms. The number of ether oxygens (including phenoxy) is 1. The molecular formula is C26H33NO7. The van der Waals surface area contributed by atoms with Gasteiger partial charge in [0.2, 0.25) is 11.8 Å². The van der Waals surface area contributed by atoms with E-state index in [1.165, 1.54) is 0 Å². The summed E-state index contributed by atoms with van der Waals surface area (Å²) in [6.45, 7) is 3.49. The fourth-order valence-electron chi connectivity index (χ4n) is 5.23. The van der Waals surface area contributed by atoms with Crippen molar-refractivity contribution in [2.45, 2.75) is 52.1 Å². The van der Waals surface area contributed by atoms with Crippen molar-refractivity contribution < 1.29 is 34.4 Å². The van der Waals surface area contributed by atoms with Crippen LogP contribution in [0.1, 0.15) is 51.5 Å². The Bertz CT molecular complexity index is 1010. The number of fused-ring (bicyclic) bond motifs is 1. The van der Waals surface area contributed by atoms with Crippen molar-refractivity contribution in [2.75, 3.05) is 13.7 Å². The van der Waals surface area contributed by atoms with Gasteiger partial charge in [0.25, 0.3) is 0 Å². The predicted molar refractivity (Wildman–Crippen MR) is 125 cm³/mol. The SMILES string of the molecule is CCC1=C([C@H](O)CC/C(=C/c2ccccc2O)CC)[C@H](CO)[C@@H]2C(=O)N(C(=O)OC)C(=O)[C@@H]2C1. The zero-order valence-electron chi connectivity index (χ0n) is 19.9. The van der Waals surface area contributed by atoms with E-state index in [4.69, 9.17) is 0 Å². The zero-order chi connectivity index (χ0) is 25.0. The number of methoxy groups -OCH3 is 1. The first-order valence-corrected chi connectivity index (χ1v) is 11.7. The summed E-state index contributed by atoms with van der Waals surface area (Å²) in [5.41, 5.74) is 3.17. The van der Waals surface area contributed by atoms with Gasteiger partial charge in [0, 0.05) is 11.5 Å². The van der Waals surface area contributed by atoms with Crippen LogP contribution in [0.5, 0.6) is 5.75 Å². The molecule has 1 aromatic rings. The first-order chi connectivity index (χ1) is 16.3. The lowest BCUT2D eigenvalue weighted by Gasteiger charge is -2.36. The van der Waals surface area contributed by atoms with Crippen LogP contribution in [-0.4, -0.2) is 57.9 Å². The van der Waals surface area contributed by atoms with Crippen molar-refractivity contribution in [1.29, 1.82) is 0 Å². The van der Waals surface area contributed by atoms with Gasteiger partial charge in [0.1, 0.15) is 5.75 Å². The fraction of sp³-hybridized carbons (Fsp3) is 0.500. The van der Waals surface area contributed by atoms with Gasteiger partial charge in [0.15, 0.2) is 0 Å². The molecule has 2 aliphatic rings. The molecule has 1 saturated heterocycles. The number of aliphatic hydroxyl groups is 2. The number of rotatable bonds is 8. The van der Waals surface area contributed by atoms with E-state index < -0.39 is 48.4 Å². The number of imide groups is 3. The number of benzene rings is 1. The van der Waals surface area contributed by atoms with Crippen molar-refractivity contribution in [3.63, 3.8) is 0 Å². The summed E-state index contributed by atoms with van der Waals surface area (Å²) in [6, 6.07) is 7.03. The maximum absolute atomic E-state index is 13.0. The smallest absolute Gasteiger partial charge is 0.423 e. The van der Waals surface area contributed by atoms with E-state index in [2.05, 4.69) is 4.74 Å². The molecule has 0 saturated carbocycles. The Balaban J connectivity index is 1.85. The standard InChI is InChI=1S/C26H33NO7/c1-4-15(12-17-8-6-7-9-20(17)29)10-11-21(30)22-16(5-2)13-18-23(19(22)14-28)25(32)27(24(18)31)26(33)34-3/h6-9,12,18-19,21,23,28-30H,4-5,10-11,13-14H2,1-3H3/b15-12+/t18-,19+,21-,23-/m1/s1. The third-order valence-electron chi connectivity index (χ3n) is 7.01. The second kappa shape index (κ2) is 11.0. The molecule has 4 atom stereocenters. The lowest BCUT2D eigenvalue weighted by atomic mass is 9.67. The van der Waals surface area contributed by atoms with E-state index in [9.17, 15) is 29.7 Å². The van der Waals surface area contributed by atoms with Crippen LogP contribution in [0, 0.1) is 17.8 Å². The molecule has 3 N–H and O–H groups in total. The normalized spacial score (nSPS) is 23.9.